The van der Waals surface area contributed by atoms with Gasteiger partial charge in [0.1, 0.15) is 0 Å². The number of likely N-dealkylation sites (tertiary alicyclic amines) is 1. The number of piperidine rings is 1. The van der Waals surface area contributed by atoms with Gasteiger partial charge in [0.05, 0.1) is 13.0 Å². The van der Waals surface area contributed by atoms with Gasteiger partial charge in [0.2, 0.25) is 0 Å². The Kier molecular flexibility index (Phi) is 8.20. The lowest BCUT2D eigenvalue weighted by molar-refractivity contribution is -0.147. The SMILES string of the molecule is COC(=O)C1CCN(CCCCl)CC1.Cl. The largest absolute Gasteiger partial charge is 0.469 e. The van der Waals surface area contributed by atoms with Crippen molar-refractivity contribution in [3.63, 3.8) is 0 Å². The topological polar surface area (TPSA) is 29.5 Å². The zero-order valence-corrected chi connectivity index (χ0v) is 10.6. The minimum Gasteiger partial charge on any atom is -0.469 e. The smallest absolute Gasteiger partial charge is 0.308 e. The third kappa shape index (κ3) is 5.05. The average Bonchev–Trinajstić information content (AvgIpc) is 2.26. The number of esters is 1. The molecule has 0 aromatic carbocycles. The molecule has 15 heavy (non-hydrogen) atoms. The molecule has 90 valence electrons. The van der Waals surface area contributed by atoms with E-state index in [9.17, 15) is 4.79 Å². The summed E-state index contributed by atoms with van der Waals surface area (Å²) in [6.45, 7) is 3.05. The molecule has 1 fully saturated rings. The average molecular weight is 256 g/mol. The molecule has 0 spiro atoms. The predicted octanol–water partition coefficient (Wildman–Crippen LogP) is 1.92. The number of alkyl halides is 1. The Bertz CT molecular complexity index is 182. The van der Waals surface area contributed by atoms with Crippen LogP contribution in [0, 0.1) is 5.92 Å². The molecule has 0 atom stereocenters. The van der Waals surface area contributed by atoms with E-state index in [1.54, 1.807) is 0 Å². The second kappa shape index (κ2) is 8.20. The lowest BCUT2D eigenvalue weighted by Crippen LogP contribution is -2.37. The van der Waals surface area contributed by atoms with Crippen molar-refractivity contribution in [3.8, 4) is 0 Å². The number of rotatable bonds is 4. The van der Waals surface area contributed by atoms with Crippen molar-refractivity contribution in [3.05, 3.63) is 0 Å². The van der Waals surface area contributed by atoms with Crippen LogP contribution in [-0.4, -0.2) is 43.5 Å². The van der Waals surface area contributed by atoms with Crippen LogP contribution in [0.25, 0.3) is 0 Å². The van der Waals surface area contributed by atoms with E-state index >= 15 is 0 Å². The van der Waals surface area contributed by atoms with Gasteiger partial charge in [-0.05, 0) is 38.9 Å². The van der Waals surface area contributed by atoms with Gasteiger partial charge in [0.15, 0.2) is 0 Å². The number of hydrogen-bond donors (Lipinski definition) is 0. The maximum atomic E-state index is 11.2. The second-order valence-electron chi connectivity index (χ2n) is 3.68. The van der Waals surface area contributed by atoms with E-state index in [2.05, 4.69) is 4.90 Å². The van der Waals surface area contributed by atoms with Crippen molar-refractivity contribution >= 4 is 30.0 Å². The monoisotopic (exact) mass is 255 g/mol. The summed E-state index contributed by atoms with van der Waals surface area (Å²) < 4.78 is 4.73. The molecule has 0 amide bonds. The van der Waals surface area contributed by atoms with E-state index in [4.69, 9.17) is 16.3 Å². The van der Waals surface area contributed by atoms with E-state index in [0.717, 1.165) is 44.8 Å². The quantitative estimate of drug-likeness (QED) is 0.568. The van der Waals surface area contributed by atoms with Gasteiger partial charge in [-0.1, -0.05) is 0 Å². The van der Waals surface area contributed by atoms with Crippen LogP contribution in [0.3, 0.4) is 0 Å². The van der Waals surface area contributed by atoms with Crippen LogP contribution in [-0.2, 0) is 9.53 Å². The molecule has 3 nitrogen and oxygen atoms in total. The van der Waals surface area contributed by atoms with Gasteiger partial charge < -0.3 is 9.64 Å². The van der Waals surface area contributed by atoms with Crippen LogP contribution in [0.5, 0.6) is 0 Å². The molecule has 1 aliphatic rings. The van der Waals surface area contributed by atoms with Gasteiger partial charge in [-0.25, -0.2) is 0 Å². The zero-order valence-electron chi connectivity index (χ0n) is 9.08. The predicted molar refractivity (Wildman–Crippen MR) is 63.8 cm³/mol. The van der Waals surface area contributed by atoms with E-state index in [0.29, 0.717) is 0 Å². The Hall–Kier alpha value is 0.01000. The van der Waals surface area contributed by atoms with Gasteiger partial charge in [-0.3, -0.25) is 4.79 Å². The Balaban J connectivity index is 0.00000196. The van der Waals surface area contributed by atoms with Crippen LogP contribution in [0.15, 0.2) is 0 Å². The highest BCUT2D eigenvalue weighted by Gasteiger charge is 2.24. The molecular weight excluding hydrogens is 237 g/mol. The summed E-state index contributed by atoms with van der Waals surface area (Å²) >= 11 is 5.62. The first-order chi connectivity index (χ1) is 6.77. The summed E-state index contributed by atoms with van der Waals surface area (Å²) in [4.78, 5) is 13.6. The van der Waals surface area contributed by atoms with Gasteiger partial charge in [0, 0.05) is 5.88 Å². The normalized spacial score (nSPS) is 18.3. The molecule has 1 saturated heterocycles. The van der Waals surface area contributed by atoms with Crippen molar-refractivity contribution in [2.24, 2.45) is 5.92 Å². The summed E-state index contributed by atoms with van der Waals surface area (Å²) in [5.41, 5.74) is 0. The summed E-state index contributed by atoms with van der Waals surface area (Å²) in [7, 11) is 1.46. The second-order valence-corrected chi connectivity index (χ2v) is 4.06. The molecule has 5 heteroatoms. The Labute approximate surface area is 103 Å². The Morgan fingerprint density at radius 3 is 2.53 bits per heavy atom. The number of nitrogens with zero attached hydrogens (tertiary/aromatic N) is 1. The van der Waals surface area contributed by atoms with Crippen LogP contribution in [0.4, 0.5) is 0 Å². The fourth-order valence-electron chi connectivity index (χ4n) is 1.84. The fraction of sp³-hybridized carbons (Fsp3) is 0.900. The lowest BCUT2D eigenvalue weighted by atomic mass is 9.97. The highest BCUT2D eigenvalue weighted by molar-refractivity contribution is 6.17. The number of ether oxygens (including phenoxy) is 1. The molecule has 1 aliphatic heterocycles. The molecule has 0 saturated carbocycles. The van der Waals surface area contributed by atoms with Crippen molar-refractivity contribution < 1.29 is 9.53 Å². The first-order valence-electron chi connectivity index (χ1n) is 5.14. The van der Waals surface area contributed by atoms with Crippen LogP contribution in [0.2, 0.25) is 0 Å². The summed E-state index contributed by atoms with van der Waals surface area (Å²) in [5.74, 6) is 0.783. The third-order valence-electron chi connectivity index (χ3n) is 2.73. The first kappa shape index (κ1) is 15.0. The maximum absolute atomic E-state index is 11.2. The molecule has 0 aromatic heterocycles. The molecule has 0 N–H and O–H groups in total. The Morgan fingerprint density at radius 1 is 1.47 bits per heavy atom. The number of carbonyl (C=O) groups excluding carboxylic acids is 1. The molecule has 0 radical (unpaired) electrons. The van der Waals surface area contributed by atoms with E-state index < -0.39 is 0 Å². The summed E-state index contributed by atoms with van der Waals surface area (Å²) in [6, 6.07) is 0. The maximum Gasteiger partial charge on any atom is 0.308 e. The molecule has 1 heterocycles. The molecule has 0 aromatic rings. The summed E-state index contributed by atoms with van der Waals surface area (Å²) in [6.07, 6.45) is 2.88. The Morgan fingerprint density at radius 2 is 2.07 bits per heavy atom. The zero-order chi connectivity index (χ0) is 10.4. The number of methoxy groups -OCH3 is 1. The van der Waals surface area contributed by atoms with Crippen LogP contribution in [0.1, 0.15) is 19.3 Å². The van der Waals surface area contributed by atoms with Gasteiger partial charge in [-0.15, -0.1) is 24.0 Å². The third-order valence-corrected chi connectivity index (χ3v) is 3.00. The minimum absolute atomic E-state index is 0. The molecule has 1 rings (SSSR count). The highest BCUT2D eigenvalue weighted by Crippen LogP contribution is 2.18. The molecule has 0 bridgehead atoms. The van der Waals surface area contributed by atoms with Gasteiger partial charge in [0.25, 0.3) is 0 Å². The van der Waals surface area contributed by atoms with Gasteiger partial charge in [-0.2, -0.15) is 0 Å². The fourth-order valence-corrected chi connectivity index (χ4v) is 1.96. The highest BCUT2D eigenvalue weighted by atomic mass is 35.5. The van der Waals surface area contributed by atoms with Crippen molar-refractivity contribution in [1.82, 2.24) is 4.90 Å². The van der Waals surface area contributed by atoms with Crippen molar-refractivity contribution in [1.29, 1.82) is 0 Å². The number of halogens is 2. The van der Waals surface area contributed by atoms with E-state index in [1.165, 1.54) is 7.11 Å². The molecule has 0 aliphatic carbocycles. The van der Waals surface area contributed by atoms with E-state index in [1.807, 2.05) is 0 Å². The molecule has 0 unspecified atom stereocenters. The first-order valence-corrected chi connectivity index (χ1v) is 5.67. The van der Waals surface area contributed by atoms with Crippen LogP contribution < -0.4 is 0 Å². The molecular formula is C10H19Cl2NO2. The van der Waals surface area contributed by atoms with Crippen molar-refractivity contribution in [2.45, 2.75) is 19.3 Å². The summed E-state index contributed by atoms with van der Waals surface area (Å²) in [5, 5.41) is 0. The lowest BCUT2D eigenvalue weighted by Gasteiger charge is -2.30. The van der Waals surface area contributed by atoms with Crippen molar-refractivity contribution in [2.75, 3.05) is 32.6 Å². The van der Waals surface area contributed by atoms with Gasteiger partial charge >= 0.3 is 5.97 Å². The van der Waals surface area contributed by atoms with Crippen LogP contribution >= 0.6 is 24.0 Å². The number of carbonyl (C=O) groups is 1. The minimum atomic E-state index is -0.0537. The van der Waals surface area contributed by atoms with E-state index in [-0.39, 0.29) is 24.3 Å². The number of hydrogen-bond acceptors (Lipinski definition) is 3. The standard InChI is InChI=1S/C10H18ClNO2.ClH/c1-14-10(13)9-3-7-12(8-4-9)6-2-5-11;/h9H,2-8H2,1H3;1H.